The zero-order chi connectivity index (χ0) is 12.7. The predicted octanol–water partition coefficient (Wildman–Crippen LogP) is 4.56. The summed E-state index contributed by atoms with van der Waals surface area (Å²) in [6.07, 6.45) is 1.14. The lowest BCUT2D eigenvalue weighted by molar-refractivity contribution is 0.0732. The first-order chi connectivity index (χ1) is 9.43. The van der Waals surface area contributed by atoms with E-state index in [0.717, 1.165) is 13.0 Å². The Bertz CT molecular complexity index is 714. The van der Waals surface area contributed by atoms with Crippen LogP contribution in [0.1, 0.15) is 22.1 Å². The van der Waals surface area contributed by atoms with Crippen molar-refractivity contribution in [3.05, 3.63) is 70.6 Å². The van der Waals surface area contributed by atoms with Crippen molar-refractivity contribution in [2.75, 3.05) is 6.61 Å². The van der Waals surface area contributed by atoms with Crippen LogP contribution in [0.5, 0.6) is 0 Å². The van der Waals surface area contributed by atoms with E-state index in [1.165, 1.54) is 26.1 Å². The van der Waals surface area contributed by atoms with Gasteiger partial charge in [-0.05, 0) is 29.0 Å². The monoisotopic (exact) mass is 266 g/mol. The third-order valence-corrected chi connectivity index (χ3v) is 4.96. The lowest BCUT2D eigenvalue weighted by Gasteiger charge is -2.23. The summed E-state index contributed by atoms with van der Waals surface area (Å²) in [6.45, 7) is 0.813. The number of rotatable bonds is 1. The highest BCUT2D eigenvalue weighted by atomic mass is 32.1. The molecule has 0 amide bonds. The van der Waals surface area contributed by atoms with Gasteiger partial charge in [-0.15, -0.1) is 11.3 Å². The molecule has 1 nitrogen and oxygen atoms in total. The van der Waals surface area contributed by atoms with Gasteiger partial charge in [0.05, 0.1) is 6.61 Å². The molecule has 0 N–H and O–H groups in total. The molecular weight excluding hydrogens is 252 g/mol. The fourth-order valence-electron chi connectivity index (χ4n) is 2.82. The van der Waals surface area contributed by atoms with E-state index < -0.39 is 0 Å². The average Bonchev–Trinajstić information content (AvgIpc) is 2.87. The Morgan fingerprint density at radius 3 is 2.63 bits per heavy atom. The van der Waals surface area contributed by atoms with Crippen LogP contribution in [0.2, 0.25) is 0 Å². The average molecular weight is 266 g/mol. The first-order valence-electron chi connectivity index (χ1n) is 6.60. The molecule has 19 heavy (non-hydrogen) atoms. The van der Waals surface area contributed by atoms with Crippen molar-refractivity contribution in [3.8, 4) is 0 Å². The molecule has 2 heterocycles. The Morgan fingerprint density at radius 1 is 0.947 bits per heavy atom. The fourth-order valence-corrected chi connectivity index (χ4v) is 4.15. The van der Waals surface area contributed by atoms with Gasteiger partial charge < -0.3 is 4.74 Å². The number of fused-ring (bicyclic) bond motifs is 3. The van der Waals surface area contributed by atoms with Gasteiger partial charge in [-0.2, -0.15) is 0 Å². The summed E-state index contributed by atoms with van der Waals surface area (Å²) < 4.78 is 7.40. The van der Waals surface area contributed by atoms with E-state index in [2.05, 4.69) is 54.6 Å². The molecule has 0 saturated heterocycles. The maximum atomic E-state index is 6.03. The quantitative estimate of drug-likeness (QED) is 0.627. The van der Waals surface area contributed by atoms with Crippen LogP contribution in [0.3, 0.4) is 0 Å². The molecule has 3 aromatic rings. The van der Waals surface area contributed by atoms with E-state index in [9.17, 15) is 0 Å². The molecule has 2 aromatic carbocycles. The van der Waals surface area contributed by atoms with Crippen LogP contribution < -0.4 is 0 Å². The predicted molar refractivity (Wildman–Crippen MR) is 79.8 cm³/mol. The Hall–Kier alpha value is -1.64. The molecule has 4 rings (SSSR count). The molecule has 1 aromatic heterocycles. The van der Waals surface area contributed by atoms with Gasteiger partial charge in [-0.3, -0.25) is 0 Å². The number of thiophene rings is 1. The van der Waals surface area contributed by atoms with Gasteiger partial charge in [0.25, 0.3) is 0 Å². The van der Waals surface area contributed by atoms with Gasteiger partial charge in [0.1, 0.15) is 6.10 Å². The lowest BCUT2D eigenvalue weighted by Crippen LogP contribution is -2.15. The first-order valence-corrected chi connectivity index (χ1v) is 7.42. The number of benzene rings is 2. The smallest absolute Gasteiger partial charge is 0.117 e. The van der Waals surface area contributed by atoms with Crippen molar-refractivity contribution in [2.45, 2.75) is 12.5 Å². The second-order valence-corrected chi connectivity index (χ2v) is 5.94. The summed E-state index contributed by atoms with van der Waals surface area (Å²) in [5.74, 6) is 0. The minimum Gasteiger partial charge on any atom is -0.368 e. The van der Waals surface area contributed by atoms with Gasteiger partial charge in [-0.1, -0.05) is 48.5 Å². The zero-order valence-electron chi connectivity index (χ0n) is 10.5. The molecule has 94 valence electrons. The van der Waals surface area contributed by atoms with E-state index >= 15 is 0 Å². The zero-order valence-corrected chi connectivity index (χ0v) is 11.3. The van der Waals surface area contributed by atoms with Crippen LogP contribution in [0.4, 0.5) is 0 Å². The summed E-state index contributed by atoms with van der Waals surface area (Å²) in [7, 11) is 0. The Labute approximate surface area is 116 Å². The lowest BCUT2D eigenvalue weighted by atomic mass is 9.99. The topological polar surface area (TPSA) is 9.23 Å². The van der Waals surface area contributed by atoms with E-state index in [0.29, 0.717) is 0 Å². The van der Waals surface area contributed by atoms with E-state index in [1.54, 1.807) is 0 Å². The Kier molecular flexibility index (Phi) is 2.64. The van der Waals surface area contributed by atoms with E-state index in [1.807, 2.05) is 11.3 Å². The maximum absolute atomic E-state index is 6.03. The summed E-state index contributed by atoms with van der Waals surface area (Å²) >= 11 is 1.88. The van der Waals surface area contributed by atoms with Crippen LogP contribution in [-0.4, -0.2) is 6.61 Å². The minimum absolute atomic E-state index is 0.113. The highest BCUT2D eigenvalue weighted by molar-refractivity contribution is 7.19. The van der Waals surface area contributed by atoms with Crippen LogP contribution in [0, 0.1) is 0 Å². The molecule has 1 aliphatic heterocycles. The minimum atomic E-state index is 0.113. The van der Waals surface area contributed by atoms with Gasteiger partial charge in [0.15, 0.2) is 0 Å². The molecule has 1 atom stereocenters. The van der Waals surface area contributed by atoms with Crippen LogP contribution in [0.25, 0.3) is 10.1 Å². The highest BCUT2D eigenvalue weighted by Crippen LogP contribution is 2.42. The molecule has 2 heteroatoms. The number of ether oxygens (including phenoxy) is 1. The third kappa shape index (κ3) is 1.79. The molecule has 0 bridgehead atoms. The molecule has 1 unspecified atom stereocenters. The maximum Gasteiger partial charge on any atom is 0.117 e. The molecule has 0 spiro atoms. The van der Waals surface area contributed by atoms with Crippen LogP contribution in [0.15, 0.2) is 54.6 Å². The van der Waals surface area contributed by atoms with Gasteiger partial charge in [0.2, 0.25) is 0 Å². The van der Waals surface area contributed by atoms with Crippen molar-refractivity contribution in [3.63, 3.8) is 0 Å². The molecule has 0 fully saturated rings. The molecular formula is C17H14OS. The largest absolute Gasteiger partial charge is 0.368 e. The molecule has 0 radical (unpaired) electrons. The summed E-state index contributed by atoms with van der Waals surface area (Å²) in [5, 5.41) is 1.41. The van der Waals surface area contributed by atoms with Crippen LogP contribution >= 0.6 is 11.3 Å². The van der Waals surface area contributed by atoms with Gasteiger partial charge in [-0.25, -0.2) is 0 Å². The first kappa shape index (κ1) is 11.2. The summed E-state index contributed by atoms with van der Waals surface area (Å²) in [6, 6.07) is 19.2. The second-order valence-electron chi connectivity index (χ2n) is 4.85. The van der Waals surface area contributed by atoms with Crippen LogP contribution in [-0.2, 0) is 11.2 Å². The van der Waals surface area contributed by atoms with Gasteiger partial charge >= 0.3 is 0 Å². The van der Waals surface area contributed by atoms with E-state index in [-0.39, 0.29) is 6.10 Å². The molecule has 0 aliphatic carbocycles. The van der Waals surface area contributed by atoms with Crippen molar-refractivity contribution < 1.29 is 4.74 Å². The fraction of sp³-hybridized carbons (Fsp3) is 0.176. The van der Waals surface area contributed by atoms with Gasteiger partial charge in [0, 0.05) is 9.58 Å². The van der Waals surface area contributed by atoms with Crippen molar-refractivity contribution in [2.24, 2.45) is 0 Å². The third-order valence-electron chi connectivity index (χ3n) is 3.71. The normalized spacial score (nSPS) is 18.4. The Balaban J connectivity index is 1.91. The highest BCUT2D eigenvalue weighted by Gasteiger charge is 2.26. The molecule has 1 aliphatic rings. The SMILES string of the molecule is c1ccc(C2OCCc3c2sc2ccccc32)cc1. The van der Waals surface area contributed by atoms with Crippen molar-refractivity contribution in [1.82, 2.24) is 0 Å². The summed E-state index contributed by atoms with van der Waals surface area (Å²) in [5.41, 5.74) is 2.75. The number of hydrogen-bond donors (Lipinski definition) is 0. The van der Waals surface area contributed by atoms with Crippen molar-refractivity contribution >= 4 is 21.4 Å². The number of hydrogen-bond acceptors (Lipinski definition) is 2. The second kappa shape index (κ2) is 4.48. The standard InChI is InChI=1S/C17H14OS/c1-2-6-12(7-3-1)16-17-14(10-11-18-16)13-8-4-5-9-15(13)19-17/h1-9,16H,10-11H2. The van der Waals surface area contributed by atoms with Crippen molar-refractivity contribution in [1.29, 1.82) is 0 Å². The Morgan fingerprint density at radius 2 is 1.74 bits per heavy atom. The van der Waals surface area contributed by atoms with E-state index in [4.69, 9.17) is 4.74 Å². The summed E-state index contributed by atoms with van der Waals surface area (Å²) in [4.78, 5) is 1.39. The molecule has 0 saturated carbocycles.